The maximum Gasteiger partial charge on any atom is 0.531 e. The molecule has 0 heterocycles. The van der Waals surface area contributed by atoms with Gasteiger partial charge in [-0.05, 0) is 48.2 Å². The fourth-order valence-electron chi connectivity index (χ4n) is 3.73. The van der Waals surface area contributed by atoms with Crippen molar-refractivity contribution in [1.29, 1.82) is 0 Å². The minimum Gasteiger partial charge on any atom is -0.506 e. The first kappa shape index (κ1) is 20.9. The van der Waals surface area contributed by atoms with Crippen molar-refractivity contribution in [2.45, 2.75) is 26.7 Å². The Morgan fingerprint density at radius 1 is 0.516 bits per heavy atom. The molecule has 2 nitrogen and oxygen atoms in total. The SMILES string of the molecule is CCc1cccc(O[Si](Oc2cccc(CC)c2)(c2ccccc2)c2ccccc2)c1. The van der Waals surface area contributed by atoms with Gasteiger partial charge in [0, 0.05) is 10.4 Å². The molecule has 0 fully saturated rings. The molecule has 0 radical (unpaired) electrons. The molecule has 0 saturated carbocycles. The average molecular weight is 425 g/mol. The molecule has 4 aromatic carbocycles. The van der Waals surface area contributed by atoms with Gasteiger partial charge < -0.3 is 8.85 Å². The maximum absolute atomic E-state index is 6.91. The molecule has 0 aromatic heterocycles. The fraction of sp³-hybridized carbons (Fsp3) is 0.143. The van der Waals surface area contributed by atoms with Crippen molar-refractivity contribution in [3.8, 4) is 11.5 Å². The molecule has 4 rings (SSSR count). The van der Waals surface area contributed by atoms with Crippen LogP contribution in [0.5, 0.6) is 11.5 Å². The number of hydrogen-bond donors (Lipinski definition) is 0. The molecule has 0 aliphatic heterocycles. The van der Waals surface area contributed by atoms with Gasteiger partial charge in [-0.25, -0.2) is 0 Å². The van der Waals surface area contributed by atoms with Crippen molar-refractivity contribution in [2.75, 3.05) is 0 Å². The molecule has 0 spiro atoms. The van der Waals surface area contributed by atoms with Crippen LogP contribution in [0.4, 0.5) is 0 Å². The van der Waals surface area contributed by atoms with Gasteiger partial charge in [0.2, 0.25) is 0 Å². The highest BCUT2D eigenvalue weighted by molar-refractivity contribution is 6.93. The molecular formula is C28H28O2Si. The maximum atomic E-state index is 6.91. The highest BCUT2D eigenvalue weighted by Crippen LogP contribution is 2.23. The monoisotopic (exact) mass is 424 g/mol. The third kappa shape index (κ3) is 4.73. The highest BCUT2D eigenvalue weighted by Gasteiger charge is 2.47. The second kappa shape index (κ2) is 9.67. The van der Waals surface area contributed by atoms with Crippen LogP contribution < -0.4 is 19.2 Å². The lowest BCUT2D eigenvalue weighted by molar-refractivity contribution is 0.416. The Hall–Kier alpha value is -3.30. The van der Waals surface area contributed by atoms with Gasteiger partial charge in [-0.3, -0.25) is 0 Å². The predicted octanol–water partition coefficient (Wildman–Crippen LogP) is 5.53. The van der Waals surface area contributed by atoms with E-state index in [2.05, 4.69) is 98.8 Å². The van der Waals surface area contributed by atoms with Crippen LogP contribution in [0.15, 0.2) is 109 Å². The quantitative estimate of drug-likeness (QED) is 0.347. The van der Waals surface area contributed by atoms with Crippen molar-refractivity contribution in [1.82, 2.24) is 0 Å². The zero-order valence-corrected chi connectivity index (χ0v) is 19.1. The summed E-state index contributed by atoms with van der Waals surface area (Å²) in [6.45, 7) is 4.32. The molecule has 0 aliphatic rings. The van der Waals surface area contributed by atoms with Gasteiger partial charge in [-0.2, -0.15) is 0 Å². The normalized spacial score (nSPS) is 11.2. The Morgan fingerprint density at radius 3 is 1.32 bits per heavy atom. The topological polar surface area (TPSA) is 18.5 Å². The van der Waals surface area contributed by atoms with E-state index in [1.165, 1.54) is 11.1 Å². The van der Waals surface area contributed by atoms with Crippen molar-refractivity contribution in [3.63, 3.8) is 0 Å². The number of benzene rings is 4. The molecule has 0 aliphatic carbocycles. The summed E-state index contributed by atoms with van der Waals surface area (Å²) in [4.78, 5) is 0. The molecule has 0 N–H and O–H groups in total. The number of aryl methyl sites for hydroxylation is 2. The van der Waals surface area contributed by atoms with Gasteiger partial charge in [0.1, 0.15) is 11.5 Å². The average Bonchev–Trinajstić information content (AvgIpc) is 2.85. The lowest BCUT2D eigenvalue weighted by Gasteiger charge is -2.32. The van der Waals surface area contributed by atoms with Gasteiger partial charge in [-0.1, -0.05) is 98.8 Å². The Kier molecular flexibility index (Phi) is 6.53. The summed E-state index contributed by atoms with van der Waals surface area (Å²) >= 11 is 0. The van der Waals surface area contributed by atoms with E-state index >= 15 is 0 Å². The molecule has 0 bridgehead atoms. The summed E-state index contributed by atoms with van der Waals surface area (Å²) in [5, 5.41) is 2.15. The van der Waals surface area contributed by atoms with Crippen LogP contribution in [0, 0.1) is 0 Å². The van der Waals surface area contributed by atoms with E-state index in [1.807, 2.05) is 24.3 Å². The third-order valence-corrected chi connectivity index (χ3v) is 8.68. The number of rotatable bonds is 8. The second-order valence-corrected chi connectivity index (χ2v) is 10.4. The Bertz CT molecular complexity index is 1020. The van der Waals surface area contributed by atoms with Crippen molar-refractivity contribution >= 4 is 18.9 Å². The van der Waals surface area contributed by atoms with Crippen molar-refractivity contribution < 1.29 is 8.85 Å². The van der Waals surface area contributed by atoms with Crippen LogP contribution in [-0.4, -0.2) is 8.56 Å². The molecule has 4 aromatic rings. The van der Waals surface area contributed by atoms with Crippen LogP contribution in [0.1, 0.15) is 25.0 Å². The van der Waals surface area contributed by atoms with Crippen LogP contribution in [-0.2, 0) is 12.8 Å². The Balaban J connectivity index is 1.89. The lowest BCUT2D eigenvalue weighted by atomic mass is 10.2. The molecule has 0 unspecified atom stereocenters. The van der Waals surface area contributed by atoms with Gasteiger partial charge in [0.05, 0.1) is 0 Å². The fourth-order valence-corrected chi connectivity index (χ4v) is 6.75. The predicted molar refractivity (Wildman–Crippen MR) is 131 cm³/mol. The Labute approximate surface area is 186 Å². The van der Waals surface area contributed by atoms with E-state index < -0.39 is 8.56 Å². The summed E-state index contributed by atoms with van der Waals surface area (Å²) < 4.78 is 13.8. The minimum atomic E-state index is -3.10. The van der Waals surface area contributed by atoms with E-state index in [0.29, 0.717) is 0 Å². The van der Waals surface area contributed by atoms with E-state index in [4.69, 9.17) is 8.85 Å². The minimum absolute atomic E-state index is 0.838. The standard InChI is InChI=1S/C28H28O2Si/c1-3-23-13-11-15-25(21-23)29-31(27-17-7-5-8-18-27,28-19-9-6-10-20-28)30-26-16-12-14-24(4-2)22-26/h5-22H,3-4H2,1-2H3. The largest absolute Gasteiger partial charge is 0.531 e. The van der Waals surface area contributed by atoms with Crippen LogP contribution in [0.25, 0.3) is 0 Å². The molecule has 0 amide bonds. The van der Waals surface area contributed by atoms with Gasteiger partial charge in [-0.15, -0.1) is 0 Å². The summed E-state index contributed by atoms with van der Waals surface area (Å²) in [5.74, 6) is 1.68. The van der Waals surface area contributed by atoms with E-state index in [0.717, 1.165) is 34.7 Å². The molecular weight excluding hydrogens is 396 g/mol. The van der Waals surface area contributed by atoms with Crippen LogP contribution in [0.3, 0.4) is 0 Å². The first-order chi connectivity index (χ1) is 15.2. The Morgan fingerprint density at radius 2 is 0.935 bits per heavy atom. The second-order valence-electron chi connectivity index (χ2n) is 7.55. The van der Waals surface area contributed by atoms with Crippen LogP contribution >= 0.6 is 0 Å². The smallest absolute Gasteiger partial charge is 0.506 e. The molecule has 0 saturated heterocycles. The summed E-state index contributed by atoms with van der Waals surface area (Å²) in [5.41, 5.74) is 2.49. The van der Waals surface area contributed by atoms with Gasteiger partial charge in [0.15, 0.2) is 0 Å². The molecule has 3 heteroatoms. The summed E-state index contributed by atoms with van der Waals surface area (Å²) in [6.07, 6.45) is 1.92. The molecule has 0 atom stereocenters. The van der Waals surface area contributed by atoms with E-state index in [1.54, 1.807) is 0 Å². The first-order valence-electron chi connectivity index (χ1n) is 10.9. The first-order valence-corrected chi connectivity index (χ1v) is 12.7. The van der Waals surface area contributed by atoms with Crippen molar-refractivity contribution in [3.05, 3.63) is 120 Å². The number of hydrogen-bond acceptors (Lipinski definition) is 2. The summed E-state index contributed by atoms with van der Waals surface area (Å²) in [6, 6.07) is 37.4. The lowest BCUT2D eigenvalue weighted by Crippen LogP contribution is -2.68. The zero-order valence-electron chi connectivity index (χ0n) is 18.1. The van der Waals surface area contributed by atoms with Gasteiger partial charge >= 0.3 is 8.56 Å². The van der Waals surface area contributed by atoms with E-state index in [9.17, 15) is 0 Å². The molecule has 156 valence electrons. The van der Waals surface area contributed by atoms with Gasteiger partial charge in [0.25, 0.3) is 0 Å². The third-order valence-electron chi connectivity index (χ3n) is 5.44. The summed E-state index contributed by atoms with van der Waals surface area (Å²) in [7, 11) is -3.10. The van der Waals surface area contributed by atoms with Crippen LogP contribution in [0.2, 0.25) is 0 Å². The van der Waals surface area contributed by atoms with E-state index in [-0.39, 0.29) is 0 Å². The highest BCUT2D eigenvalue weighted by atomic mass is 28.4. The van der Waals surface area contributed by atoms with Crippen molar-refractivity contribution in [2.24, 2.45) is 0 Å². The molecule has 31 heavy (non-hydrogen) atoms. The zero-order chi connectivity index (χ0) is 21.5.